The molecule has 0 fully saturated rings. The summed E-state index contributed by atoms with van der Waals surface area (Å²) in [6, 6.07) is 0. The van der Waals surface area contributed by atoms with E-state index >= 15 is 0 Å². The molecule has 6 heteroatoms. The Bertz CT molecular complexity index is 11.5. The fourth-order valence-corrected chi connectivity index (χ4v) is 0. The fourth-order valence-electron chi connectivity index (χ4n) is 0. The Labute approximate surface area is 89.1 Å². The first-order chi connectivity index (χ1) is 2.41. The van der Waals surface area contributed by atoms with Crippen molar-refractivity contribution in [2.75, 3.05) is 0 Å². The van der Waals surface area contributed by atoms with Crippen LogP contribution in [0.15, 0.2) is 0 Å². The van der Waals surface area contributed by atoms with Crippen molar-refractivity contribution >= 4 is 30.8 Å². The Morgan fingerprint density at radius 2 is 1.50 bits per heavy atom. The predicted molar refractivity (Wildman–Crippen MR) is 20.6 cm³/mol. The first kappa shape index (κ1) is 16.1. The van der Waals surface area contributed by atoms with E-state index in [1.54, 1.807) is 0 Å². The van der Waals surface area contributed by atoms with E-state index in [0.29, 0.717) is 0 Å². The average Bonchev–Trinajstić information content (AvgIpc) is 1.46. The van der Waals surface area contributed by atoms with E-state index in [1.807, 2.05) is 0 Å². The zero-order chi connectivity index (χ0) is 4.71. The second kappa shape index (κ2) is 24.0. The van der Waals surface area contributed by atoms with Crippen molar-refractivity contribution in [3.05, 3.63) is 0 Å². The van der Waals surface area contributed by atoms with Crippen LogP contribution in [0.1, 0.15) is 0 Å². The van der Waals surface area contributed by atoms with E-state index in [0.717, 1.165) is 0 Å². The first-order valence-electron chi connectivity index (χ1n) is 0.400. The zero-order valence-corrected chi connectivity index (χ0v) is 10.3. The summed E-state index contributed by atoms with van der Waals surface area (Å²) in [4.78, 5) is 0. The predicted octanol–water partition coefficient (Wildman–Crippen LogP) is -0.776. The molecule has 0 amide bonds. The third-order valence-electron chi connectivity index (χ3n) is 0. The number of hydrogen-bond acceptors (Lipinski definition) is 0. The van der Waals surface area contributed by atoms with Gasteiger partial charge in [0, 0.05) is 22.4 Å². The molecule has 0 aromatic rings. The summed E-state index contributed by atoms with van der Waals surface area (Å²) in [5, 5.41) is 0. The van der Waals surface area contributed by atoms with E-state index in [2.05, 4.69) is 41.9 Å². The monoisotopic (exact) mass is 490 g/mol. The molecule has 0 saturated carbocycles. The van der Waals surface area contributed by atoms with Gasteiger partial charge in [0.1, 0.15) is 0 Å². The van der Waals surface area contributed by atoms with E-state index < -0.39 is 0 Å². The van der Waals surface area contributed by atoms with Gasteiger partial charge >= 0.3 is 68.6 Å². The molecule has 0 N–H and O–H groups in total. The van der Waals surface area contributed by atoms with Gasteiger partial charge < -0.3 is 0 Å². The summed E-state index contributed by atoms with van der Waals surface area (Å²) in [5.74, 6) is 0. The van der Waals surface area contributed by atoms with Crippen molar-refractivity contribution in [3.63, 3.8) is 0 Å². The van der Waals surface area contributed by atoms with Crippen molar-refractivity contribution in [2.24, 2.45) is 0 Å². The minimum absolute atomic E-state index is 0. The van der Waals surface area contributed by atoms with Gasteiger partial charge in [0.05, 0.1) is 0 Å². The molecule has 0 aromatic carbocycles. The van der Waals surface area contributed by atoms with Gasteiger partial charge in [-0.25, -0.2) is 0 Å². The van der Waals surface area contributed by atoms with E-state index in [4.69, 9.17) is 8.91 Å². The van der Waals surface area contributed by atoms with E-state index in [9.17, 15) is 0 Å². The number of hydrogen-bond donors (Lipinski definition) is 0. The SMILES string of the molecule is Cl[I-]Br.[Ag].[Cl][Ag]. The Balaban J connectivity index is -0.0000000275. The van der Waals surface area contributed by atoms with Crippen LogP contribution in [0.5, 0.6) is 0 Å². The van der Waals surface area contributed by atoms with Gasteiger partial charge in [-0.05, 0) is 0 Å². The molecule has 0 aromatic heterocycles. The van der Waals surface area contributed by atoms with Crippen molar-refractivity contribution in [2.45, 2.75) is 0 Å². The van der Waals surface area contributed by atoms with Crippen LogP contribution >= 0.6 is 30.8 Å². The second-order valence-corrected chi connectivity index (χ2v) is 5.65. The third kappa shape index (κ3) is 26.7. The molecule has 0 unspecified atom stereocenters. The molecule has 0 rings (SSSR count). The fraction of sp³-hybridized carbons (Fsp3) is 0. The molecule has 0 nitrogen and oxygen atoms in total. The van der Waals surface area contributed by atoms with Gasteiger partial charge in [-0.1, -0.05) is 0 Å². The van der Waals surface area contributed by atoms with Crippen molar-refractivity contribution in [1.29, 1.82) is 0 Å². The van der Waals surface area contributed by atoms with Gasteiger partial charge in [0.25, 0.3) is 0 Å². The summed E-state index contributed by atoms with van der Waals surface area (Å²) in [7, 11) is 9.47. The van der Waals surface area contributed by atoms with Crippen molar-refractivity contribution in [1.82, 2.24) is 0 Å². The summed E-state index contributed by atoms with van der Waals surface area (Å²) in [6.07, 6.45) is 0. The molecular weight excluding hydrogens is 493 g/mol. The molecule has 0 heterocycles. The van der Waals surface area contributed by atoms with Gasteiger partial charge in [-0.2, -0.15) is 0 Å². The molecule has 0 aliphatic carbocycles. The normalized spacial score (nSPS) is 4.83. The molecule has 6 heavy (non-hydrogen) atoms. The maximum absolute atomic E-state index is 5.03. The minimum atomic E-state index is -0.125. The second-order valence-electron chi connectivity index (χ2n) is 0.0540. The van der Waals surface area contributed by atoms with Gasteiger partial charge in [-0.15, -0.1) is 0 Å². The number of rotatable bonds is 0. The van der Waals surface area contributed by atoms with Gasteiger partial charge in [0.15, 0.2) is 0 Å². The third-order valence-corrected chi connectivity index (χ3v) is 0. The van der Waals surface area contributed by atoms with Crippen LogP contribution in [0.25, 0.3) is 0 Å². The Hall–Kier alpha value is 3.27. The molecule has 0 aliphatic rings. The van der Waals surface area contributed by atoms with Crippen LogP contribution in [0.2, 0.25) is 0 Å². The van der Waals surface area contributed by atoms with E-state index in [-0.39, 0.29) is 40.2 Å². The molecule has 1 radical (unpaired) electrons. The molecule has 0 saturated heterocycles. The maximum atomic E-state index is 5.03. The van der Waals surface area contributed by atoms with Crippen LogP contribution < -0.4 is 17.9 Å². The van der Waals surface area contributed by atoms with Crippen LogP contribution in [0, 0.1) is 0 Å². The zero-order valence-electron chi connectivity index (χ0n) is 2.11. The van der Waals surface area contributed by atoms with E-state index in [1.165, 1.54) is 0 Å². The Morgan fingerprint density at radius 1 is 1.50 bits per heavy atom. The average molecular weight is 493 g/mol. The summed E-state index contributed by atoms with van der Waals surface area (Å²) in [6.45, 7) is 0. The molecule has 0 bridgehead atoms. The molecule has 0 spiro atoms. The summed E-state index contributed by atoms with van der Waals surface area (Å²) < 4.78 is 0. The Morgan fingerprint density at radius 3 is 1.50 bits per heavy atom. The van der Waals surface area contributed by atoms with Crippen LogP contribution in [-0.4, -0.2) is 0 Å². The quantitative estimate of drug-likeness (QED) is 0.307. The molecule has 0 atom stereocenters. The van der Waals surface area contributed by atoms with Crippen LogP contribution in [0.3, 0.4) is 0 Å². The standard InChI is InChI=1S/2Ag.BrClI.ClH/c;;1-3-2;/h;;;1H/q;+1;-1;/p-1. The van der Waals surface area contributed by atoms with Crippen molar-refractivity contribution in [3.8, 4) is 0 Å². The van der Waals surface area contributed by atoms with Crippen LogP contribution in [-0.2, 0) is 42.4 Å². The molecule has 51 valence electrons. The van der Waals surface area contributed by atoms with Gasteiger partial charge in [-0.3, -0.25) is 0 Å². The summed E-state index contributed by atoms with van der Waals surface area (Å²) >= 11 is 5.32. The molecule has 0 aliphatic heterocycles. The van der Waals surface area contributed by atoms with Crippen LogP contribution in [0.4, 0.5) is 0 Å². The van der Waals surface area contributed by atoms with Gasteiger partial charge in [0.2, 0.25) is 0 Å². The first-order valence-corrected chi connectivity index (χ1v) is 9.88. The topological polar surface area (TPSA) is 0 Å². The Kier molecular flexibility index (Phi) is 64.4. The number of halogens is 4. The summed E-state index contributed by atoms with van der Waals surface area (Å²) in [5.41, 5.74) is 0. The van der Waals surface area contributed by atoms with Crippen molar-refractivity contribution < 1.29 is 60.2 Å². The molecular formula is Ag2BrCl2I-.